The highest BCUT2D eigenvalue weighted by atomic mass is 79.9. The van der Waals surface area contributed by atoms with Crippen molar-refractivity contribution in [3.05, 3.63) is 33.3 Å². The van der Waals surface area contributed by atoms with E-state index in [1.54, 1.807) is 25.1 Å². The van der Waals surface area contributed by atoms with Gasteiger partial charge >= 0.3 is 6.09 Å². The van der Waals surface area contributed by atoms with Crippen molar-refractivity contribution >= 4 is 39.5 Å². The van der Waals surface area contributed by atoms with Crippen LogP contribution < -0.4 is 0 Å². The van der Waals surface area contributed by atoms with Crippen LogP contribution in [0.25, 0.3) is 0 Å². The first-order valence-electron chi connectivity index (χ1n) is 5.42. The third-order valence-electron chi connectivity index (χ3n) is 2.71. The Morgan fingerprint density at radius 1 is 1.61 bits per heavy atom. The van der Waals surface area contributed by atoms with Crippen molar-refractivity contribution in [2.24, 2.45) is 0 Å². The fraction of sp³-hybridized carbons (Fsp3) is 0.333. The van der Waals surface area contributed by atoms with E-state index in [0.717, 1.165) is 9.37 Å². The number of hydrogen-bond acceptors (Lipinski definition) is 3. The molecule has 18 heavy (non-hydrogen) atoms. The van der Waals surface area contributed by atoms with E-state index in [9.17, 15) is 9.59 Å². The lowest BCUT2D eigenvalue weighted by atomic mass is 10.1. The Morgan fingerprint density at radius 2 is 2.33 bits per heavy atom. The molecule has 0 saturated carbocycles. The molecular formula is C12H11BrClNO3. The summed E-state index contributed by atoms with van der Waals surface area (Å²) in [7, 11) is 0. The molecule has 0 spiro atoms. The summed E-state index contributed by atoms with van der Waals surface area (Å²) >= 11 is 9.33. The van der Waals surface area contributed by atoms with Crippen LogP contribution in [-0.2, 0) is 16.0 Å². The van der Waals surface area contributed by atoms with Crippen molar-refractivity contribution in [2.45, 2.75) is 19.4 Å². The SMILES string of the molecule is CC1COC(=O)N1C(=O)Cc1ccc(Br)cc1Cl. The van der Waals surface area contributed by atoms with Gasteiger partial charge in [-0.25, -0.2) is 9.69 Å². The predicted molar refractivity (Wildman–Crippen MR) is 70.5 cm³/mol. The van der Waals surface area contributed by atoms with Crippen molar-refractivity contribution in [3.8, 4) is 0 Å². The molecule has 4 nitrogen and oxygen atoms in total. The summed E-state index contributed by atoms with van der Waals surface area (Å²) < 4.78 is 5.66. The van der Waals surface area contributed by atoms with Crippen molar-refractivity contribution in [1.82, 2.24) is 4.90 Å². The van der Waals surface area contributed by atoms with E-state index in [4.69, 9.17) is 16.3 Å². The number of imide groups is 1. The van der Waals surface area contributed by atoms with E-state index in [2.05, 4.69) is 15.9 Å². The molecule has 0 bridgehead atoms. The molecule has 1 saturated heterocycles. The molecule has 96 valence electrons. The van der Waals surface area contributed by atoms with E-state index in [1.165, 1.54) is 0 Å². The summed E-state index contributed by atoms with van der Waals surface area (Å²) in [5.41, 5.74) is 0.691. The largest absolute Gasteiger partial charge is 0.447 e. The molecule has 1 aliphatic rings. The third kappa shape index (κ3) is 2.67. The molecule has 0 radical (unpaired) electrons. The second-order valence-corrected chi connectivity index (χ2v) is 5.43. The number of amides is 2. The van der Waals surface area contributed by atoms with Crippen LogP contribution in [0.4, 0.5) is 4.79 Å². The lowest BCUT2D eigenvalue weighted by Crippen LogP contribution is -2.38. The first kappa shape index (κ1) is 13.4. The van der Waals surface area contributed by atoms with Crippen LogP contribution in [0.2, 0.25) is 5.02 Å². The van der Waals surface area contributed by atoms with Crippen molar-refractivity contribution in [3.63, 3.8) is 0 Å². The van der Waals surface area contributed by atoms with Crippen molar-refractivity contribution in [1.29, 1.82) is 0 Å². The monoisotopic (exact) mass is 331 g/mol. The van der Waals surface area contributed by atoms with E-state index in [-0.39, 0.29) is 25.0 Å². The van der Waals surface area contributed by atoms with Gasteiger partial charge in [-0.2, -0.15) is 0 Å². The van der Waals surface area contributed by atoms with Gasteiger partial charge in [0.2, 0.25) is 5.91 Å². The molecule has 2 rings (SSSR count). The Balaban J connectivity index is 2.14. The molecule has 6 heteroatoms. The molecule has 0 aromatic heterocycles. The number of benzene rings is 1. The van der Waals surface area contributed by atoms with Gasteiger partial charge in [0.15, 0.2) is 0 Å². The highest BCUT2D eigenvalue weighted by molar-refractivity contribution is 9.10. The molecule has 0 N–H and O–H groups in total. The van der Waals surface area contributed by atoms with Gasteiger partial charge in [0.1, 0.15) is 6.61 Å². The maximum Gasteiger partial charge on any atom is 0.416 e. The number of carbonyl (C=O) groups excluding carboxylic acids is 2. The molecule has 2 amide bonds. The number of halogens is 2. The summed E-state index contributed by atoms with van der Waals surface area (Å²) in [4.78, 5) is 24.6. The molecule has 1 aliphatic heterocycles. The molecule has 1 unspecified atom stereocenters. The highest BCUT2D eigenvalue weighted by Crippen LogP contribution is 2.23. The Kier molecular flexibility index (Phi) is 3.92. The third-order valence-corrected chi connectivity index (χ3v) is 3.56. The molecule has 1 heterocycles. The van der Waals surface area contributed by atoms with Crippen LogP contribution in [0.15, 0.2) is 22.7 Å². The summed E-state index contributed by atoms with van der Waals surface area (Å²) in [6, 6.07) is 5.06. The number of hydrogen-bond donors (Lipinski definition) is 0. The van der Waals surface area contributed by atoms with Gasteiger partial charge in [0.05, 0.1) is 12.5 Å². The van der Waals surface area contributed by atoms with Crippen LogP contribution in [0.3, 0.4) is 0 Å². The maximum absolute atomic E-state index is 12.0. The Hall–Kier alpha value is -1.07. The fourth-order valence-corrected chi connectivity index (χ4v) is 2.52. The van der Waals surface area contributed by atoms with E-state index < -0.39 is 6.09 Å². The Bertz CT molecular complexity index is 506. The smallest absolute Gasteiger partial charge is 0.416 e. The quantitative estimate of drug-likeness (QED) is 0.836. The first-order chi connectivity index (χ1) is 8.49. The molecule has 1 aromatic rings. The van der Waals surface area contributed by atoms with Crippen LogP contribution >= 0.6 is 27.5 Å². The summed E-state index contributed by atoms with van der Waals surface area (Å²) in [6.07, 6.45) is -0.494. The van der Waals surface area contributed by atoms with Crippen molar-refractivity contribution < 1.29 is 14.3 Å². The van der Waals surface area contributed by atoms with Gasteiger partial charge in [0.25, 0.3) is 0 Å². The zero-order valence-corrected chi connectivity index (χ0v) is 12.0. The van der Waals surface area contributed by atoms with E-state index in [1.807, 2.05) is 0 Å². The summed E-state index contributed by atoms with van der Waals surface area (Å²) in [5, 5.41) is 0.498. The number of carbonyl (C=O) groups is 2. The standard InChI is InChI=1S/C12H11BrClNO3/c1-7-6-18-12(17)15(7)11(16)4-8-2-3-9(13)5-10(8)14/h2-3,5,7H,4,6H2,1H3. The minimum atomic E-state index is -0.583. The van der Waals surface area contributed by atoms with E-state index >= 15 is 0 Å². The van der Waals surface area contributed by atoms with Gasteiger partial charge in [-0.15, -0.1) is 0 Å². The lowest BCUT2D eigenvalue weighted by molar-refractivity contribution is -0.128. The normalized spacial score (nSPS) is 18.9. The minimum absolute atomic E-state index is 0.0888. The summed E-state index contributed by atoms with van der Waals surface area (Å²) in [5.74, 6) is -0.297. The molecule has 1 fully saturated rings. The average Bonchev–Trinajstić information content (AvgIpc) is 2.62. The number of ether oxygens (including phenoxy) is 1. The molecule has 1 aromatic carbocycles. The highest BCUT2D eigenvalue weighted by Gasteiger charge is 2.34. The molecular weight excluding hydrogens is 321 g/mol. The van der Waals surface area contributed by atoms with Crippen LogP contribution in [0.5, 0.6) is 0 Å². The van der Waals surface area contributed by atoms with Crippen LogP contribution in [-0.4, -0.2) is 29.5 Å². The van der Waals surface area contributed by atoms with Crippen molar-refractivity contribution in [2.75, 3.05) is 6.61 Å². The van der Waals surface area contributed by atoms with Gasteiger partial charge in [-0.05, 0) is 24.6 Å². The molecule has 0 aliphatic carbocycles. The number of rotatable bonds is 2. The van der Waals surface area contributed by atoms with Crippen LogP contribution in [0, 0.1) is 0 Å². The minimum Gasteiger partial charge on any atom is -0.447 e. The zero-order chi connectivity index (χ0) is 13.3. The zero-order valence-electron chi connectivity index (χ0n) is 9.65. The Morgan fingerprint density at radius 3 is 2.89 bits per heavy atom. The topological polar surface area (TPSA) is 46.6 Å². The maximum atomic E-state index is 12.0. The van der Waals surface area contributed by atoms with Crippen LogP contribution in [0.1, 0.15) is 12.5 Å². The number of cyclic esters (lactones) is 1. The van der Waals surface area contributed by atoms with Gasteiger partial charge in [0, 0.05) is 9.50 Å². The van der Waals surface area contributed by atoms with E-state index in [0.29, 0.717) is 10.6 Å². The second-order valence-electron chi connectivity index (χ2n) is 4.10. The number of nitrogens with zero attached hydrogens (tertiary/aromatic N) is 1. The van der Waals surface area contributed by atoms with Gasteiger partial charge < -0.3 is 4.74 Å². The molecule has 1 atom stereocenters. The second kappa shape index (κ2) is 5.28. The average molecular weight is 333 g/mol. The first-order valence-corrected chi connectivity index (χ1v) is 6.59. The Labute approximate surface area is 118 Å². The predicted octanol–water partition coefficient (Wildman–Crippen LogP) is 3.01. The van der Waals surface area contributed by atoms with Gasteiger partial charge in [-0.1, -0.05) is 33.6 Å². The summed E-state index contributed by atoms with van der Waals surface area (Å²) in [6.45, 7) is 2.02. The lowest BCUT2D eigenvalue weighted by Gasteiger charge is -2.16. The fourth-order valence-electron chi connectivity index (χ4n) is 1.78. The van der Waals surface area contributed by atoms with Gasteiger partial charge in [-0.3, -0.25) is 4.79 Å².